The first-order valence-corrected chi connectivity index (χ1v) is 11.5. The van der Waals surface area contributed by atoms with E-state index >= 15 is 0 Å². The van der Waals surface area contributed by atoms with Crippen molar-refractivity contribution in [2.45, 2.75) is 26.9 Å². The zero-order valence-electron chi connectivity index (χ0n) is 19.6. The minimum Gasteiger partial charge on any atom is -0.478 e. The fourth-order valence-corrected chi connectivity index (χ4v) is 3.70. The average molecular weight is 507 g/mol. The lowest BCUT2D eigenvalue weighted by atomic mass is 10.1. The summed E-state index contributed by atoms with van der Waals surface area (Å²) in [6.45, 7) is 3.83. The largest absolute Gasteiger partial charge is 0.478 e. The van der Waals surface area contributed by atoms with Gasteiger partial charge in [-0.1, -0.05) is 29.8 Å². The van der Waals surface area contributed by atoms with Crippen LogP contribution in [0.5, 0.6) is 11.5 Å². The molecule has 0 fully saturated rings. The molecule has 4 aromatic rings. The summed E-state index contributed by atoms with van der Waals surface area (Å²) < 4.78 is 8.26. The number of hydrogen-bond acceptors (Lipinski definition) is 5. The van der Waals surface area contributed by atoms with E-state index in [0.717, 1.165) is 10.1 Å². The molecule has 0 aliphatic rings. The first kappa shape index (κ1) is 24.7. The number of nitrogens with one attached hydrogen (secondary N) is 1. The quantitative estimate of drug-likeness (QED) is 0.391. The maximum Gasteiger partial charge on any atom is 0.336 e. The second-order valence-corrected chi connectivity index (χ2v) is 8.42. The minimum absolute atomic E-state index is 0.1000. The Morgan fingerprint density at radius 1 is 1.00 bits per heavy atom. The number of carboxylic acid groups (broad SMARTS) is 1. The normalized spacial score (nSPS) is 11.5. The fourth-order valence-electron chi connectivity index (χ4n) is 3.58. The van der Waals surface area contributed by atoms with E-state index in [1.807, 2.05) is 0 Å². The molecule has 0 radical (unpaired) electrons. The Balaban J connectivity index is 1.68. The third-order valence-electron chi connectivity index (χ3n) is 5.50. The van der Waals surface area contributed by atoms with E-state index < -0.39 is 17.3 Å². The molecule has 0 aliphatic heterocycles. The summed E-state index contributed by atoms with van der Waals surface area (Å²) in [5, 5.41) is 9.88. The van der Waals surface area contributed by atoms with Crippen LogP contribution < -0.4 is 21.7 Å². The Bertz CT molecular complexity index is 1600. The number of aromatic carboxylic acids is 1. The predicted molar refractivity (Wildman–Crippen MR) is 135 cm³/mol. The molecule has 0 amide bonds. The predicted octanol–water partition coefficient (Wildman–Crippen LogP) is 4.09. The smallest absolute Gasteiger partial charge is 0.336 e. The Labute approximate surface area is 210 Å². The van der Waals surface area contributed by atoms with Crippen LogP contribution in [0.15, 0.2) is 81.3 Å². The van der Waals surface area contributed by atoms with Gasteiger partial charge in [-0.05, 0) is 73.5 Å². The number of aromatic nitrogens is 3. The molecule has 4 rings (SSSR count). The highest BCUT2D eigenvalue weighted by atomic mass is 35.5. The van der Waals surface area contributed by atoms with Crippen LogP contribution in [0.1, 0.15) is 28.4 Å². The summed E-state index contributed by atoms with van der Waals surface area (Å²) in [4.78, 5) is 44.0. The maximum absolute atomic E-state index is 13.0. The number of carbonyl (C=O) groups is 1. The van der Waals surface area contributed by atoms with Gasteiger partial charge < -0.3 is 9.84 Å². The lowest BCUT2D eigenvalue weighted by molar-refractivity contribution is 0.0695. The van der Waals surface area contributed by atoms with Crippen molar-refractivity contribution >= 4 is 23.3 Å². The molecule has 3 aromatic carbocycles. The molecule has 0 unspecified atom stereocenters. The zero-order chi connectivity index (χ0) is 25.8. The third kappa shape index (κ3) is 5.47. The Hall–Kier alpha value is -4.37. The van der Waals surface area contributed by atoms with Crippen molar-refractivity contribution in [3.05, 3.63) is 115 Å². The molecule has 1 aromatic heterocycles. The van der Waals surface area contributed by atoms with Gasteiger partial charge >= 0.3 is 17.3 Å². The maximum atomic E-state index is 13.0. The number of nitrogens with zero attached hydrogens (tertiary/aromatic N) is 3. The first-order valence-electron chi connectivity index (χ1n) is 11.1. The van der Waals surface area contributed by atoms with Gasteiger partial charge in [0.15, 0.2) is 0 Å². The van der Waals surface area contributed by atoms with E-state index in [9.17, 15) is 19.5 Å². The highest BCUT2D eigenvalue weighted by molar-refractivity contribution is 6.30. The van der Waals surface area contributed by atoms with Gasteiger partial charge in [0.05, 0.1) is 17.8 Å². The molecule has 0 bridgehead atoms. The summed E-state index contributed by atoms with van der Waals surface area (Å²) in [7, 11) is 0. The van der Waals surface area contributed by atoms with Crippen molar-refractivity contribution in [2.24, 2.45) is 4.99 Å². The van der Waals surface area contributed by atoms with E-state index in [-0.39, 0.29) is 24.3 Å². The number of carboxylic acids is 1. The Kier molecular flexibility index (Phi) is 7.21. The third-order valence-corrected chi connectivity index (χ3v) is 5.75. The van der Waals surface area contributed by atoms with Crippen LogP contribution in [0, 0.1) is 6.92 Å². The van der Waals surface area contributed by atoms with Gasteiger partial charge in [0.2, 0.25) is 5.62 Å². The molecule has 0 atom stereocenters. The van der Waals surface area contributed by atoms with E-state index in [0.29, 0.717) is 27.8 Å². The fraction of sp³-hybridized carbons (Fsp3) is 0.154. The molecule has 10 heteroatoms. The molecule has 0 aliphatic carbocycles. The van der Waals surface area contributed by atoms with Crippen molar-refractivity contribution in [3.63, 3.8) is 0 Å². The summed E-state index contributed by atoms with van der Waals surface area (Å²) >= 11 is 5.97. The Morgan fingerprint density at radius 3 is 2.31 bits per heavy atom. The van der Waals surface area contributed by atoms with E-state index in [4.69, 9.17) is 16.3 Å². The monoisotopic (exact) mass is 506 g/mol. The van der Waals surface area contributed by atoms with Crippen molar-refractivity contribution in [1.29, 1.82) is 0 Å². The minimum atomic E-state index is -1.03. The molecule has 0 saturated heterocycles. The highest BCUT2D eigenvalue weighted by Gasteiger charge is 2.10. The summed E-state index contributed by atoms with van der Waals surface area (Å²) in [6, 6.07) is 18.5. The van der Waals surface area contributed by atoms with Crippen LogP contribution in [0.3, 0.4) is 0 Å². The van der Waals surface area contributed by atoms with Gasteiger partial charge in [0, 0.05) is 11.6 Å². The van der Waals surface area contributed by atoms with Crippen LogP contribution in [-0.4, -0.2) is 25.2 Å². The van der Waals surface area contributed by atoms with Gasteiger partial charge in [-0.2, -0.15) is 0 Å². The SMILES string of the molecule is CCn1c(=O)[nH]/c(=N\c2ccc(Oc3ccc(C)c(C(=O)O)c3)cc2)n(Cc2ccc(Cl)cc2)c1=O. The number of H-pyrrole nitrogens is 1. The number of aromatic amines is 1. The molecule has 0 spiro atoms. The number of hydrogen-bond donors (Lipinski definition) is 2. The number of halogens is 1. The van der Waals surface area contributed by atoms with Crippen molar-refractivity contribution in [2.75, 3.05) is 0 Å². The van der Waals surface area contributed by atoms with Gasteiger partial charge in [-0.15, -0.1) is 0 Å². The summed E-state index contributed by atoms with van der Waals surface area (Å²) in [5.74, 6) is -0.174. The van der Waals surface area contributed by atoms with Gasteiger partial charge in [0.25, 0.3) is 0 Å². The number of aryl methyl sites for hydroxylation is 1. The van der Waals surface area contributed by atoms with Crippen molar-refractivity contribution < 1.29 is 14.6 Å². The van der Waals surface area contributed by atoms with Crippen molar-refractivity contribution in [3.8, 4) is 11.5 Å². The topological polar surface area (TPSA) is 119 Å². The van der Waals surface area contributed by atoms with Crippen LogP contribution in [0.2, 0.25) is 5.02 Å². The van der Waals surface area contributed by atoms with Crippen LogP contribution >= 0.6 is 11.6 Å². The summed E-state index contributed by atoms with van der Waals surface area (Å²) in [6.07, 6.45) is 0. The first-order chi connectivity index (χ1) is 17.2. The van der Waals surface area contributed by atoms with Crippen LogP contribution in [0.25, 0.3) is 0 Å². The number of benzene rings is 3. The van der Waals surface area contributed by atoms with Crippen molar-refractivity contribution in [1.82, 2.24) is 14.1 Å². The van der Waals surface area contributed by atoms with E-state index in [1.54, 1.807) is 74.5 Å². The second-order valence-electron chi connectivity index (χ2n) is 7.98. The summed E-state index contributed by atoms with van der Waals surface area (Å²) in [5.41, 5.74) is 1.15. The molecule has 9 nitrogen and oxygen atoms in total. The molecular weight excluding hydrogens is 484 g/mol. The molecule has 1 heterocycles. The lowest BCUT2D eigenvalue weighted by Gasteiger charge is -2.10. The Morgan fingerprint density at radius 2 is 1.67 bits per heavy atom. The van der Waals surface area contributed by atoms with E-state index in [1.165, 1.54) is 10.6 Å². The standard InChI is InChI=1S/C26H23ClN4O5/c1-3-30-25(34)29-24(31(26(30)35)15-17-5-7-18(27)8-6-17)28-19-9-12-20(13-10-19)36-21-11-4-16(2)22(14-21)23(32)33/h4-14H,3,15H2,1-2H3,(H,32,33)(H,28,29,34). The highest BCUT2D eigenvalue weighted by Crippen LogP contribution is 2.26. The molecule has 184 valence electrons. The second kappa shape index (κ2) is 10.5. The zero-order valence-corrected chi connectivity index (χ0v) is 20.3. The molecule has 0 saturated carbocycles. The van der Waals surface area contributed by atoms with Gasteiger partial charge in [-0.25, -0.2) is 23.9 Å². The molecule has 2 N–H and O–H groups in total. The molecular formula is C26H23ClN4O5. The van der Waals surface area contributed by atoms with Gasteiger partial charge in [-0.3, -0.25) is 9.55 Å². The van der Waals surface area contributed by atoms with Crippen LogP contribution in [-0.2, 0) is 13.1 Å². The average Bonchev–Trinajstić information content (AvgIpc) is 2.85. The number of ether oxygens (including phenoxy) is 1. The lowest BCUT2D eigenvalue weighted by Crippen LogP contribution is -2.49. The van der Waals surface area contributed by atoms with Gasteiger partial charge in [0.1, 0.15) is 11.5 Å². The molecule has 36 heavy (non-hydrogen) atoms. The number of rotatable bonds is 7. The van der Waals surface area contributed by atoms with E-state index in [2.05, 4.69) is 9.98 Å². The van der Waals surface area contributed by atoms with Crippen LogP contribution in [0.4, 0.5) is 5.69 Å².